The molecule has 0 amide bonds. The van der Waals surface area contributed by atoms with Crippen molar-refractivity contribution in [1.29, 1.82) is 0 Å². The third-order valence-electron chi connectivity index (χ3n) is 4.61. The van der Waals surface area contributed by atoms with Crippen LogP contribution in [0.4, 0.5) is 21.6 Å². The summed E-state index contributed by atoms with van der Waals surface area (Å²) in [4.78, 5) is 8.72. The van der Waals surface area contributed by atoms with Gasteiger partial charge in [0.25, 0.3) is 0 Å². The highest BCUT2D eigenvalue weighted by molar-refractivity contribution is 6.31. The zero-order chi connectivity index (χ0) is 20.2. The van der Waals surface area contributed by atoms with E-state index in [0.717, 1.165) is 29.7 Å². The van der Waals surface area contributed by atoms with E-state index in [-0.39, 0.29) is 5.02 Å². The van der Waals surface area contributed by atoms with Crippen molar-refractivity contribution >= 4 is 39.7 Å². The van der Waals surface area contributed by atoms with Crippen LogP contribution in [0.3, 0.4) is 0 Å². The first kappa shape index (κ1) is 19.6. The van der Waals surface area contributed by atoms with Crippen LogP contribution in [0.5, 0.6) is 5.75 Å². The number of hydrogen-bond donors (Lipinski definition) is 3. The lowest BCUT2D eigenvalue weighted by Gasteiger charge is -2.30. The number of fused-ring (bicyclic) bond motifs is 1. The normalized spacial score (nSPS) is 13.9. The van der Waals surface area contributed by atoms with Crippen LogP contribution in [-0.2, 0) is 4.74 Å². The van der Waals surface area contributed by atoms with Gasteiger partial charge in [0.05, 0.1) is 28.9 Å². The number of ether oxygens (including phenoxy) is 2. The van der Waals surface area contributed by atoms with E-state index in [1.807, 2.05) is 12.1 Å². The summed E-state index contributed by atoms with van der Waals surface area (Å²) in [6.45, 7) is 2.70. The predicted molar refractivity (Wildman–Crippen MR) is 112 cm³/mol. The molecule has 152 valence electrons. The first-order valence-electron chi connectivity index (χ1n) is 9.24. The maximum Gasteiger partial charge on any atom is 0.144 e. The topological polar surface area (TPSA) is 80.3 Å². The highest BCUT2D eigenvalue weighted by Gasteiger charge is 2.19. The van der Waals surface area contributed by atoms with Gasteiger partial charge in [-0.1, -0.05) is 11.6 Å². The van der Waals surface area contributed by atoms with Gasteiger partial charge >= 0.3 is 0 Å². The number of nitrogens with one attached hydrogen (secondary N) is 3. The lowest BCUT2D eigenvalue weighted by molar-refractivity contribution is 0.146. The average Bonchev–Trinajstić information content (AvgIpc) is 2.68. The van der Waals surface area contributed by atoms with Crippen LogP contribution >= 0.6 is 11.6 Å². The highest BCUT2D eigenvalue weighted by Crippen LogP contribution is 2.34. The van der Waals surface area contributed by atoms with Crippen molar-refractivity contribution < 1.29 is 13.9 Å². The van der Waals surface area contributed by atoms with E-state index in [0.29, 0.717) is 36.5 Å². The number of methoxy groups -OCH3 is 1. The summed E-state index contributed by atoms with van der Waals surface area (Å²) in [6.07, 6.45) is 1.47. The Kier molecular flexibility index (Phi) is 5.94. The van der Waals surface area contributed by atoms with Crippen molar-refractivity contribution in [3.05, 3.63) is 47.5 Å². The molecule has 29 heavy (non-hydrogen) atoms. The van der Waals surface area contributed by atoms with Gasteiger partial charge in [-0.2, -0.15) is 0 Å². The smallest absolute Gasteiger partial charge is 0.144 e. The summed E-state index contributed by atoms with van der Waals surface area (Å²) in [7, 11) is 1.63. The van der Waals surface area contributed by atoms with Crippen molar-refractivity contribution in [2.45, 2.75) is 6.04 Å². The third kappa shape index (κ3) is 4.50. The Morgan fingerprint density at radius 3 is 2.79 bits per heavy atom. The SMILES string of the molecule is COCCOc1cc2ncnc(Nc3ccc(F)c(Cl)c3)c2cc1NC1CNC1. The molecular weight excluding hydrogens is 397 g/mol. The number of rotatable bonds is 8. The fraction of sp³-hybridized carbons (Fsp3) is 0.300. The lowest BCUT2D eigenvalue weighted by Crippen LogP contribution is -2.51. The molecule has 1 aromatic heterocycles. The molecule has 1 fully saturated rings. The molecule has 4 rings (SSSR count). The Morgan fingerprint density at radius 1 is 1.21 bits per heavy atom. The second kappa shape index (κ2) is 8.77. The molecule has 1 aliphatic rings. The molecule has 0 aliphatic carbocycles. The van der Waals surface area contributed by atoms with Gasteiger partial charge in [0, 0.05) is 37.3 Å². The van der Waals surface area contributed by atoms with E-state index in [4.69, 9.17) is 21.1 Å². The van der Waals surface area contributed by atoms with Gasteiger partial charge < -0.3 is 25.4 Å². The van der Waals surface area contributed by atoms with E-state index in [1.54, 1.807) is 13.2 Å². The zero-order valence-electron chi connectivity index (χ0n) is 15.8. The molecule has 1 aliphatic heterocycles. The number of aromatic nitrogens is 2. The van der Waals surface area contributed by atoms with Gasteiger partial charge in [-0.25, -0.2) is 14.4 Å². The Labute approximate surface area is 172 Å². The van der Waals surface area contributed by atoms with Gasteiger partial charge in [0.15, 0.2) is 0 Å². The molecule has 0 saturated carbocycles. The molecule has 3 aromatic rings. The van der Waals surface area contributed by atoms with Gasteiger partial charge in [-0.15, -0.1) is 0 Å². The van der Waals surface area contributed by atoms with E-state index in [1.165, 1.54) is 18.5 Å². The average molecular weight is 418 g/mol. The van der Waals surface area contributed by atoms with Crippen molar-refractivity contribution in [3.63, 3.8) is 0 Å². The number of halogens is 2. The molecule has 0 bridgehead atoms. The van der Waals surface area contributed by atoms with Crippen LogP contribution in [0.25, 0.3) is 10.9 Å². The number of nitrogens with zero attached hydrogens (tertiary/aromatic N) is 2. The van der Waals surface area contributed by atoms with E-state index >= 15 is 0 Å². The number of benzene rings is 2. The standard InChI is InChI=1S/C20H21ClFN5O2/c1-28-4-5-29-19-8-17-14(7-18(19)26-13-9-23-10-13)20(25-11-24-17)27-12-2-3-16(22)15(21)6-12/h2-3,6-8,11,13,23,26H,4-5,9-10H2,1H3,(H,24,25,27). The largest absolute Gasteiger partial charge is 0.489 e. The maximum atomic E-state index is 13.5. The molecule has 7 nitrogen and oxygen atoms in total. The van der Waals surface area contributed by atoms with Crippen LogP contribution < -0.4 is 20.7 Å². The fourth-order valence-electron chi connectivity index (χ4n) is 2.97. The van der Waals surface area contributed by atoms with Crippen LogP contribution in [0.15, 0.2) is 36.7 Å². The summed E-state index contributed by atoms with van der Waals surface area (Å²) in [5, 5.41) is 10.8. The Balaban J connectivity index is 1.69. The van der Waals surface area contributed by atoms with Gasteiger partial charge in [0.1, 0.15) is 30.3 Å². The van der Waals surface area contributed by atoms with Crippen molar-refractivity contribution in [3.8, 4) is 5.75 Å². The molecular formula is C20H21ClFN5O2. The van der Waals surface area contributed by atoms with Crippen molar-refractivity contribution in [2.75, 3.05) is 44.0 Å². The fourth-order valence-corrected chi connectivity index (χ4v) is 3.15. The minimum absolute atomic E-state index is 0.0435. The predicted octanol–water partition coefficient (Wildman–Crippen LogP) is 3.57. The van der Waals surface area contributed by atoms with E-state index in [9.17, 15) is 4.39 Å². The van der Waals surface area contributed by atoms with Gasteiger partial charge in [-0.05, 0) is 24.3 Å². The Bertz CT molecular complexity index is 1020. The first-order valence-corrected chi connectivity index (χ1v) is 9.61. The van der Waals surface area contributed by atoms with Crippen molar-refractivity contribution in [2.24, 2.45) is 0 Å². The monoisotopic (exact) mass is 417 g/mol. The van der Waals surface area contributed by atoms with Crippen LogP contribution in [0.1, 0.15) is 0 Å². The molecule has 0 atom stereocenters. The molecule has 0 radical (unpaired) electrons. The molecule has 9 heteroatoms. The summed E-state index contributed by atoms with van der Waals surface area (Å²) >= 11 is 5.89. The van der Waals surface area contributed by atoms with Crippen molar-refractivity contribution in [1.82, 2.24) is 15.3 Å². The third-order valence-corrected chi connectivity index (χ3v) is 4.89. The quantitative estimate of drug-likeness (QED) is 0.483. The highest BCUT2D eigenvalue weighted by atomic mass is 35.5. The second-order valence-corrected chi connectivity index (χ2v) is 7.09. The summed E-state index contributed by atoms with van der Waals surface area (Å²) in [5.41, 5.74) is 2.21. The number of hydrogen-bond acceptors (Lipinski definition) is 7. The minimum Gasteiger partial charge on any atom is -0.489 e. The summed E-state index contributed by atoms with van der Waals surface area (Å²) < 4.78 is 24.4. The van der Waals surface area contributed by atoms with E-state index in [2.05, 4.69) is 25.9 Å². The number of anilines is 3. The second-order valence-electron chi connectivity index (χ2n) is 6.68. The van der Waals surface area contributed by atoms with Crippen LogP contribution in [0, 0.1) is 5.82 Å². The molecule has 3 N–H and O–H groups in total. The molecule has 2 heterocycles. The lowest BCUT2D eigenvalue weighted by atomic mass is 10.1. The van der Waals surface area contributed by atoms with Crippen LogP contribution in [0.2, 0.25) is 5.02 Å². The maximum absolute atomic E-state index is 13.5. The minimum atomic E-state index is -0.469. The Hall–Kier alpha value is -2.68. The van der Waals surface area contributed by atoms with Gasteiger partial charge in [0.2, 0.25) is 0 Å². The summed E-state index contributed by atoms with van der Waals surface area (Å²) in [6, 6.07) is 8.61. The zero-order valence-corrected chi connectivity index (χ0v) is 16.6. The molecule has 2 aromatic carbocycles. The van der Waals surface area contributed by atoms with E-state index < -0.39 is 5.82 Å². The molecule has 0 spiro atoms. The summed E-state index contributed by atoms with van der Waals surface area (Å²) in [5.74, 6) is 0.829. The van der Waals surface area contributed by atoms with Gasteiger partial charge in [-0.3, -0.25) is 0 Å². The molecule has 0 unspecified atom stereocenters. The Morgan fingerprint density at radius 2 is 2.07 bits per heavy atom. The first-order chi connectivity index (χ1) is 14.1. The molecule has 1 saturated heterocycles. The van der Waals surface area contributed by atoms with Crippen LogP contribution in [-0.4, -0.2) is 49.4 Å².